The Balaban J connectivity index is 1.33. The molecular formula is C69H90N14O13. The van der Waals surface area contributed by atoms with Gasteiger partial charge in [0.15, 0.2) is 0 Å². The number of hydrogen-bond acceptors (Lipinski definition) is 14. The summed E-state index contributed by atoms with van der Waals surface area (Å²) in [6, 6.07) is 15.5. The number of benzene rings is 4. The summed E-state index contributed by atoms with van der Waals surface area (Å²) in [6.07, 6.45) is 0.438. The van der Waals surface area contributed by atoms with Gasteiger partial charge in [-0.15, -0.1) is 0 Å². The molecule has 10 atom stereocenters. The Morgan fingerprint density at radius 1 is 0.500 bits per heavy atom. The lowest BCUT2D eigenvalue weighted by Crippen LogP contribution is -2.62. The highest BCUT2D eigenvalue weighted by molar-refractivity contribution is 6.01. The molecule has 0 saturated carbocycles. The Bertz CT molecular complexity index is 3550. The first-order chi connectivity index (χ1) is 45.9. The second-order valence-electron chi connectivity index (χ2n) is 25.3. The minimum Gasteiger partial charge on any atom is -0.508 e. The fourth-order valence-electron chi connectivity index (χ4n) is 11.8. The normalized spacial score (nSPS) is 23.5. The summed E-state index contributed by atoms with van der Waals surface area (Å²) < 4.78 is 0. The van der Waals surface area contributed by atoms with Crippen molar-refractivity contribution in [2.75, 3.05) is 13.1 Å². The highest BCUT2D eigenvalue weighted by Gasteiger charge is 2.42. The molecule has 12 amide bonds. The number of aromatic hydroxyl groups is 1. The number of fused-ring (bicyclic) bond motifs is 2. The van der Waals surface area contributed by atoms with Crippen LogP contribution in [0.4, 0.5) is 0 Å². The van der Waals surface area contributed by atoms with Gasteiger partial charge in [0.05, 0.1) is 6.42 Å². The van der Waals surface area contributed by atoms with Gasteiger partial charge in [-0.05, 0) is 104 Å². The third kappa shape index (κ3) is 21.4. The number of nitrogens with two attached hydrogens (primary N) is 3. The standard InChI is InChI=1S/C69H90N14O13/c1-39(2)32-50-62(89)81-55(35-42-18-9-6-10-19-42)69(96)83-31-15-23-56(83)67(94)80-53(36-44-38-73-47-21-12-11-20-46(44)47)64(91)78-51(33-41-16-7-5-8-17-41)63(90)79-54(37-58(72)86)65(92)74-49(28-29-57(71)85)61(88)77-52(34-43-24-26-45(84)27-25-43)66(93)82-59(40(3)4)68(95)75-48(60(87)76-50)22-13-14-30-70/h5-12,16-21,24-27,38-40,48-56,59,73,84H,13-15,22-23,28-37,70H2,1-4H3,(H2,71,85)(H2,72,86)(H,74,92)(H,75,95)(H,76,87)(H,77,88)(H,78,91)(H,79,90)(H,80,94)(H,81,89)(H,82,93)/t48-,49-,50-,51+,52-,53-,54-,55+,56-,59-/m0/s1. The van der Waals surface area contributed by atoms with Crippen molar-refractivity contribution in [1.29, 1.82) is 0 Å². The third-order valence-electron chi connectivity index (χ3n) is 16.9. The number of aromatic nitrogens is 1. The lowest BCUT2D eigenvalue weighted by atomic mass is 9.98. The maximum Gasteiger partial charge on any atom is 0.246 e. The van der Waals surface area contributed by atoms with Crippen molar-refractivity contribution in [3.8, 4) is 5.75 Å². The number of nitrogens with zero attached hydrogens (tertiary/aromatic N) is 1. The van der Waals surface area contributed by atoms with E-state index in [0.29, 0.717) is 52.4 Å². The van der Waals surface area contributed by atoms with Gasteiger partial charge in [-0.25, -0.2) is 0 Å². The van der Waals surface area contributed by atoms with E-state index in [1.54, 1.807) is 86.8 Å². The number of para-hydroxylation sites is 1. The Kier molecular flexibility index (Phi) is 27.0. The molecule has 2 fully saturated rings. The van der Waals surface area contributed by atoms with Crippen LogP contribution in [0.5, 0.6) is 5.75 Å². The summed E-state index contributed by atoms with van der Waals surface area (Å²) >= 11 is 0. The monoisotopic (exact) mass is 1320 g/mol. The van der Waals surface area contributed by atoms with Gasteiger partial charge >= 0.3 is 0 Å². The predicted octanol–water partition coefficient (Wildman–Crippen LogP) is 0.484. The van der Waals surface area contributed by atoms with E-state index in [4.69, 9.17) is 17.2 Å². The van der Waals surface area contributed by atoms with Gasteiger partial charge in [-0.1, -0.05) is 119 Å². The van der Waals surface area contributed by atoms with Gasteiger partial charge in [0.1, 0.15) is 66.2 Å². The number of hydrogen-bond donors (Lipinski definition) is 14. The number of phenols is 1. The van der Waals surface area contributed by atoms with E-state index in [-0.39, 0.29) is 69.7 Å². The molecule has 2 aliphatic rings. The Hall–Kier alpha value is -10.2. The van der Waals surface area contributed by atoms with Gasteiger partial charge < -0.3 is 80.0 Å². The zero-order chi connectivity index (χ0) is 69.6. The molecule has 0 bridgehead atoms. The van der Waals surface area contributed by atoms with Gasteiger partial charge in [-0.2, -0.15) is 0 Å². The second-order valence-corrected chi connectivity index (χ2v) is 25.3. The van der Waals surface area contributed by atoms with E-state index in [1.807, 2.05) is 32.0 Å². The SMILES string of the molecule is CC(C)C[C@@H]1NC(=O)[C@H](CCCCN)NC(=O)[C@H](C(C)C)NC(=O)[C@H](Cc2ccc(O)cc2)NC(=O)[C@H](CCC(N)=O)NC(=O)[C@H](CC(N)=O)NC(=O)[C@@H](Cc2ccccc2)NC(=O)[C@H](Cc2c[nH]c3ccccc23)NC(=O)[C@@H]2CCCN2C(=O)[C@@H](Cc2ccccc2)NC1=O. The predicted molar refractivity (Wildman–Crippen MR) is 356 cm³/mol. The number of aromatic amines is 1. The molecule has 96 heavy (non-hydrogen) atoms. The van der Waals surface area contributed by atoms with Crippen LogP contribution in [-0.4, -0.2) is 159 Å². The topological polar surface area (TPSA) is 430 Å². The third-order valence-corrected chi connectivity index (χ3v) is 16.9. The molecule has 0 unspecified atom stereocenters. The molecule has 0 radical (unpaired) electrons. The summed E-state index contributed by atoms with van der Waals surface area (Å²) in [4.78, 5) is 178. The van der Waals surface area contributed by atoms with Crippen LogP contribution in [0.25, 0.3) is 10.9 Å². The first kappa shape index (κ1) is 73.2. The maximum atomic E-state index is 15.3. The molecule has 17 N–H and O–H groups in total. The van der Waals surface area contributed by atoms with Crippen molar-refractivity contribution in [3.63, 3.8) is 0 Å². The van der Waals surface area contributed by atoms with Crippen LogP contribution in [-0.2, 0) is 83.2 Å². The van der Waals surface area contributed by atoms with Crippen molar-refractivity contribution >= 4 is 81.8 Å². The zero-order valence-corrected chi connectivity index (χ0v) is 54.5. The average molecular weight is 1320 g/mol. The first-order valence-electron chi connectivity index (χ1n) is 32.6. The number of phenolic OH excluding ortho intramolecular Hbond substituents is 1. The minimum absolute atomic E-state index is 0.0254. The fraction of sp³-hybridized carbons (Fsp3) is 0.449. The molecule has 1 aromatic heterocycles. The number of carbonyl (C=O) groups is 12. The molecule has 4 aromatic carbocycles. The van der Waals surface area contributed by atoms with Crippen molar-refractivity contribution in [3.05, 3.63) is 138 Å². The number of unbranched alkanes of at least 4 members (excludes halogenated alkanes) is 1. The van der Waals surface area contributed by atoms with Crippen LogP contribution >= 0.6 is 0 Å². The number of carbonyl (C=O) groups excluding carboxylic acids is 12. The molecule has 27 nitrogen and oxygen atoms in total. The Morgan fingerprint density at radius 2 is 0.969 bits per heavy atom. The van der Waals surface area contributed by atoms with Crippen LogP contribution < -0.4 is 65.1 Å². The summed E-state index contributed by atoms with van der Waals surface area (Å²) in [6.45, 7) is 7.22. The number of H-pyrrole nitrogens is 1. The van der Waals surface area contributed by atoms with E-state index in [9.17, 15) is 48.3 Å². The first-order valence-corrected chi connectivity index (χ1v) is 32.6. The lowest BCUT2D eigenvalue weighted by molar-refractivity contribution is -0.142. The average Bonchev–Trinajstić information content (AvgIpc) is 1.66. The molecule has 5 aromatic rings. The van der Waals surface area contributed by atoms with Gasteiger partial charge in [0.2, 0.25) is 70.9 Å². The molecule has 2 aliphatic heterocycles. The van der Waals surface area contributed by atoms with Crippen molar-refractivity contribution in [2.45, 2.75) is 172 Å². The summed E-state index contributed by atoms with van der Waals surface area (Å²) in [7, 11) is 0. The van der Waals surface area contributed by atoms with Gasteiger partial charge in [-0.3, -0.25) is 57.5 Å². The van der Waals surface area contributed by atoms with Crippen LogP contribution in [0.2, 0.25) is 0 Å². The van der Waals surface area contributed by atoms with Crippen molar-refractivity contribution in [1.82, 2.24) is 57.7 Å². The zero-order valence-electron chi connectivity index (χ0n) is 54.5. The molecule has 27 heteroatoms. The van der Waals surface area contributed by atoms with Gasteiger partial charge in [0.25, 0.3) is 0 Å². The quantitative estimate of drug-likeness (QED) is 0.0472. The Labute approximate surface area is 557 Å². The van der Waals surface area contributed by atoms with E-state index in [0.717, 1.165) is 0 Å². The Morgan fingerprint density at radius 3 is 1.55 bits per heavy atom. The van der Waals surface area contributed by atoms with E-state index >= 15 is 14.4 Å². The van der Waals surface area contributed by atoms with Crippen LogP contribution in [0.15, 0.2) is 115 Å². The summed E-state index contributed by atoms with van der Waals surface area (Å²) in [5, 5.41) is 35.3. The molecular weight excluding hydrogens is 1230 g/mol. The minimum atomic E-state index is -1.86. The molecule has 514 valence electrons. The van der Waals surface area contributed by atoms with Crippen LogP contribution in [0, 0.1) is 11.8 Å². The van der Waals surface area contributed by atoms with E-state index in [2.05, 4.69) is 52.8 Å². The highest BCUT2D eigenvalue weighted by atomic mass is 16.3. The van der Waals surface area contributed by atoms with E-state index in [1.165, 1.54) is 29.2 Å². The maximum absolute atomic E-state index is 15.3. The van der Waals surface area contributed by atoms with E-state index < -0.39 is 156 Å². The summed E-state index contributed by atoms with van der Waals surface area (Å²) in [5.74, 6) is -11.8. The summed E-state index contributed by atoms with van der Waals surface area (Å²) in [5.41, 5.74) is 20.0. The van der Waals surface area contributed by atoms with Crippen molar-refractivity contribution in [2.24, 2.45) is 29.0 Å². The number of primary amides is 2. The largest absolute Gasteiger partial charge is 0.508 e. The molecule has 0 spiro atoms. The smallest absolute Gasteiger partial charge is 0.246 e. The fourth-order valence-corrected chi connectivity index (χ4v) is 11.8. The molecule has 3 heterocycles. The lowest BCUT2D eigenvalue weighted by Gasteiger charge is -2.32. The number of amides is 12. The molecule has 2 saturated heterocycles. The molecule has 0 aliphatic carbocycles. The molecule has 7 rings (SSSR count). The van der Waals surface area contributed by atoms with Crippen LogP contribution in [0.3, 0.4) is 0 Å². The highest BCUT2D eigenvalue weighted by Crippen LogP contribution is 2.24. The van der Waals surface area contributed by atoms with Crippen molar-refractivity contribution < 1.29 is 62.6 Å². The number of nitrogens with one attached hydrogen (secondary N) is 10. The van der Waals surface area contributed by atoms with Crippen LogP contribution in [0.1, 0.15) is 108 Å². The second kappa shape index (κ2) is 35.4. The number of rotatable bonds is 20. The van der Waals surface area contributed by atoms with Gasteiger partial charge in [0, 0.05) is 55.7 Å².